The molecular formula is C21H27Cl3N4S. The number of thiocarbonyl (C=S) groups is 1. The van der Waals surface area contributed by atoms with Crippen molar-refractivity contribution < 1.29 is 0 Å². The molecule has 158 valence electrons. The van der Waals surface area contributed by atoms with Crippen molar-refractivity contribution in [3.8, 4) is 0 Å². The molecule has 0 bridgehead atoms. The Kier molecular flexibility index (Phi) is 8.60. The Bertz CT molecular complexity index is 779. The zero-order chi connectivity index (χ0) is 20.7. The molecule has 0 spiro atoms. The first-order valence-corrected chi connectivity index (χ1v) is 11.8. The number of benzene rings is 1. The van der Waals surface area contributed by atoms with Gasteiger partial charge in [0.25, 0.3) is 0 Å². The lowest BCUT2D eigenvalue weighted by Gasteiger charge is -2.19. The molecule has 0 atom stereocenters. The second-order valence-corrected chi connectivity index (χ2v) is 10.3. The van der Waals surface area contributed by atoms with E-state index >= 15 is 0 Å². The maximum absolute atomic E-state index is 6.18. The summed E-state index contributed by atoms with van der Waals surface area (Å²) in [5.41, 5.74) is 1.96. The van der Waals surface area contributed by atoms with Gasteiger partial charge in [-0.15, -0.1) is 0 Å². The fourth-order valence-electron chi connectivity index (χ4n) is 3.70. The highest BCUT2D eigenvalue weighted by Crippen LogP contribution is 2.38. The topological polar surface area (TPSA) is 42.7 Å². The van der Waals surface area contributed by atoms with Crippen molar-refractivity contribution in [2.45, 2.75) is 74.2 Å². The Morgan fingerprint density at radius 3 is 2.24 bits per heavy atom. The first-order valence-electron chi connectivity index (χ1n) is 10.3. The summed E-state index contributed by atoms with van der Waals surface area (Å²) in [6.07, 6.45) is 10.6. The van der Waals surface area contributed by atoms with Gasteiger partial charge in [-0.25, -0.2) is 0 Å². The Morgan fingerprint density at radius 1 is 1.00 bits per heavy atom. The molecule has 1 N–H and O–H groups in total. The zero-order valence-electron chi connectivity index (χ0n) is 16.4. The molecule has 1 aromatic heterocycles. The Hall–Kier alpha value is -0.880. The van der Waals surface area contributed by atoms with Crippen LogP contribution in [0.5, 0.6) is 0 Å². The fourth-order valence-corrected chi connectivity index (χ4v) is 4.38. The van der Waals surface area contributed by atoms with Crippen molar-refractivity contribution in [2.24, 2.45) is 0 Å². The van der Waals surface area contributed by atoms with Gasteiger partial charge in [-0.3, -0.25) is 0 Å². The van der Waals surface area contributed by atoms with Crippen molar-refractivity contribution in [2.75, 3.05) is 0 Å². The van der Waals surface area contributed by atoms with E-state index in [0.29, 0.717) is 23.3 Å². The van der Waals surface area contributed by atoms with Crippen LogP contribution in [0, 0.1) is 0 Å². The molecule has 2 aromatic rings. The SMILES string of the molecule is S=C(NC1CCCCCCCC1)c1nn(CCc2ccccc2)nc1C(Cl)(Cl)Cl. The first-order chi connectivity index (χ1) is 13.9. The standard InChI is InChI=1S/C21H27Cl3N4S/c22-21(23,24)19-18(20(29)25-17-12-8-3-1-2-4-9-13-17)26-28(27-19)15-14-16-10-6-5-7-11-16/h5-7,10-11,17H,1-4,8-9,12-15H2,(H,25,29). The number of hydrogen-bond acceptors (Lipinski definition) is 3. The molecule has 1 saturated carbocycles. The molecule has 4 nitrogen and oxygen atoms in total. The summed E-state index contributed by atoms with van der Waals surface area (Å²) in [7, 11) is 0. The van der Waals surface area contributed by atoms with Crippen LogP contribution in [-0.2, 0) is 16.8 Å². The Balaban J connectivity index is 1.71. The van der Waals surface area contributed by atoms with E-state index in [1.165, 1.54) is 44.1 Å². The number of hydrogen-bond donors (Lipinski definition) is 1. The molecule has 8 heteroatoms. The predicted octanol–water partition coefficient (Wildman–Crippen LogP) is 6.12. The van der Waals surface area contributed by atoms with E-state index in [0.717, 1.165) is 19.3 Å². The van der Waals surface area contributed by atoms with Crippen LogP contribution in [-0.4, -0.2) is 26.0 Å². The van der Waals surface area contributed by atoms with Crippen molar-refractivity contribution in [3.05, 3.63) is 47.3 Å². The molecule has 3 rings (SSSR count). The third kappa shape index (κ3) is 7.09. The molecule has 1 fully saturated rings. The van der Waals surface area contributed by atoms with Crippen LogP contribution in [0.15, 0.2) is 30.3 Å². The van der Waals surface area contributed by atoms with E-state index in [9.17, 15) is 0 Å². The maximum Gasteiger partial charge on any atom is 0.236 e. The number of aryl methyl sites for hydroxylation is 2. The molecule has 1 aliphatic rings. The van der Waals surface area contributed by atoms with Crippen LogP contribution in [0.3, 0.4) is 0 Å². The van der Waals surface area contributed by atoms with Crippen LogP contribution < -0.4 is 5.32 Å². The van der Waals surface area contributed by atoms with E-state index in [1.54, 1.807) is 4.80 Å². The minimum Gasteiger partial charge on any atom is -0.372 e. The molecule has 0 unspecified atom stereocenters. The summed E-state index contributed by atoms with van der Waals surface area (Å²) in [5, 5.41) is 12.5. The van der Waals surface area contributed by atoms with Crippen molar-refractivity contribution in [3.63, 3.8) is 0 Å². The summed E-state index contributed by atoms with van der Waals surface area (Å²) >= 11 is 24.2. The van der Waals surface area contributed by atoms with Gasteiger partial charge in [0, 0.05) is 6.04 Å². The number of nitrogens with zero attached hydrogens (tertiary/aromatic N) is 3. The van der Waals surface area contributed by atoms with E-state index in [1.807, 2.05) is 18.2 Å². The number of halogens is 3. The maximum atomic E-state index is 6.18. The number of aromatic nitrogens is 3. The molecule has 0 radical (unpaired) electrons. The van der Waals surface area contributed by atoms with Crippen LogP contribution in [0.4, 0.5) is 0 Å². The van der Waals surface area contributed by atoms with Crippen molar-refractivity contribution >= 4 is 52.0 Å². The van der Waals surface area contributed by atoms with E-state index in [-0.39, 0.29) is 5.69 Å². The number of rotatable bonds is 5. The second kappa shape index (κ2) is 10.9. The van der Waals surface area contributed by atoms with Gasteiger partial charge >= 0.3 is 0 Å². The number of nitrogens with one attached hydrogen (secondary N) is 1. The molecule has 1 aromatic carbocycles. The summed E-state index contributed by atoms with van der Waals surface area (Å²) in [4.78, 5) is 2.10. The smallest absolute Gasteiger partial charge is 0.236 e. The predicted molar refractivity (Wildman–Crippen MR) is 125 cm³/mol. The van der Waals surface area contributed by atoms with Gasteiger partial charge in [0.2, 0.25) is 3.79 Å². The molecule has 1 heterocycles. The highest BCUT2D eigenvalue weighted by molar-refractivity contribution is 7.80. The highest BCUT2D eigenvalue weighted by atomic mass is 35.6. The van der Waals surface area contributed by atoms with Gasteiger partial charge in [-0.1, -0.05) is 116 Å². The lowest BCUT2D eigenvalue weighted by atomic mass is 10.0. The average Bonchev–Trinajstić information content (AvgIpc) is 3.17. The zero-order valence-corrected chi connectivity index (χ0v) is 19.5. The van der Waals surface area contributed by atoms with E-state index < -0.39 is 3.79 Å². The van der Waals surface area contributed by atoms with Crippen LogP contribution >= 0.6 is 47.0 Å². The minimum absolute atomic E-state index is 0.288. The molecular weight excluding hydrogens is 447 g/mol. The lowest BCUT2D eigenvalue weighted by molar-refractivity contribution is 0.494. The molecule has 0 saturated heterocycles. The first kappa shape index (κ1) is 22.8. The third-order valence-corrected chi connectivity index (χ3v) is 6.12. The van der Waals surface area contributed by atoms with E-state index in [4.69, 9.17) is 47.0 Å². The van der Waals surface area contributed by atoms with Crippen LogP contribution in [0.2, 0.25) is 0 Å². The fraction of sp³-hybridized carbons (Fsp3) is 0.571. The minimum atomic E-state index is -1.68. The monoisotopic (exact) mass is 472 g/mol. The summed E-state index contributed by atoms with van der Waals surface area (Å²) in [6, 6.07) is 10.5. The average molecular weight is 474 g/mol. The van der Waals surface area contributed by atoms with Gasteiger partial charge in [0.1, 0.15) is 16.4 Å². The lowest BCUT2D eigenvalue weighted by Crippen LogP contribution is -2.35. The quantitative estimate of drug-likeness (QED) is 0.420. The Morgan fingerprint density at radius 2 is 1.62 bits per heavy atom. The van der Waals surface area contributed by atoms with Crippen LogP contribution in [0.25, 0.3) is 0 Å². The largest absolute Gasteiger partial charge is 0.372 e. The Labute approximate surface area is 193 Å². The van der Waals surface area contributed by atoms with Crippen molar-refractivity contribution in [1.82, 2.24) is 20.3 Å². The summed E-state index contributed by atoms with van der Waals surface area (Å²) in [6.45, 7) is 0.587. The highest BCUT2D eigenvalue weighted by Gasteiger charge is 2.33. The van der Waals surface area contributed by atoms with Gasteiger partial charge < -0.3 is 5.32 Å². The molecule has 0 aliphatic heterocycles. The molecule has 29 heavy (non-hydrogen) atoms. The van der Waals surface area contributed by atoms with E-state index in [2.05, 4.69) is 27.6 Å². The van der Waals surface area contributed by atoms with Gasteiger partial charge in [-0.05, 0) is 24.8 Å². The van der Waals surface area contributed by atoms with Gasteiger partial charge in [-0.2, -0.15) is 15.0 Å². The van der Waals surface area contributed by atoms with Crippen molar-refractivity contribution in [1.29, 1.82) is 0 Å². The second-order valence-electron chi connectivity index (χ2n) is 7.60. The number of alkyl halides is 3. The van der Waals surface area contributed by atoms with Gasteiger partial charge in [0.05, 0.1) is 6.54 Å². The van der Waals surface area contributed by atoms with Gasteiger partial charge in [0.15, 0.2) is 0 Å². The summed E-state index contributed by atoms with van der Waals surface area (Å²) < 4.78 is -1.68. The molecule has 0 amide bonds. The van der Waals surface area contributed by atoms with Crippen LogP contribution in [0.1, 0.15) is 68.3 Å². The molecule has 1 aliphatic carbocycles. The summed E-state index contributed by atoms with van der Waals surface area (Å²) in [5.74, 6) is 0. The third-order valence-electron chi connectivity index (χ3n) is 5.27. The normalized spacial score (nSPS) is 16.7.